The van der Waals surface area contributed by atoms with Gasteiger partial charge in [0.25, 0.3) is 11.8 Å². The zero-order valence-corrected chi connectivity index (χ0v) is 19.3. The fourth-order valence-corrected chi connectivity index (χ4v) is 3.48. The molecule has 2 rings (SSSR count). The van der Waals surface area contributed by atoms with Crippen LogP contribution in [0, 0.1) is 0 Å². The molecule has 32 heavy (non-hydrogen) atoms. The van der Waals surface area contributed by atoms with Gasteiger partial charge >= 0.3 is 5.97 Å². The van der Waals surface area contributed by atoms with Crippen LogP contribution in [-0.4, -0.2) is 61.1 Å². The molecule has 0 bridgehead atoms. The lowest BCUT2D eigenvalue weighted by atomic mass is 10.2. The molecule has 2 aromatic rings. The summed E-state index contributed by atoms with van der Waals surface area (Å²) in [6.07, 6.45) is 0. The summed E-state index contributed by atoms with van der Waals surface area (Å²) in [5, 5.41) is 5.41. The van der Waals surface area contributed by atoms with Crippen LogP contribution in [-0.2, 0) is 14.3 Å². The number of hydrogen-bond acceptors (Lipinski definition) is 6. The number of carbonyl (C=O) groups is 4. The molecular formula is C23H27N3O5S. The summed E-state index contributed by atoms with van der Waals surface area (Å²) in [7, 11) is 3.31. The van der Waals surface area contributed by atoms with Gasteiger partial charge in [-0.05, 0) is 50.2 Å². The molecule has 0 fully saturated rings. The van der Waals surface area contributed by atoms with Gasteiger partial charge in [0, 0.05) is 36.3 Å². The van der Waals surface area contributed by atoms with Crippen LogP contribution in [0.5, 0.6) is 0 Å². The average Bonchev–Trinajstić information content (AvgIpc) is 2.75. The Labute approximate surface area is 191 Å². The molecule has 0 aliphatic rings. The molecule has 0 heterocycles. The van der Waals surface area contributed by atoms with Crippen molar-refractivity contribution in [1.82, 2.24) is 10.2 Å². The second kappa shape index (κ2) is 11.9. The summed E-state index contributed by atoms with van der Waals surface area (Å²) in [4.78, 5) is 50.5. The van der Waals surface area contributed by atoms with E-state index in [1.165, 1.54) is 16.7 Å². The molecule has 170 valence electrons. The highest BCUT2D eigenvalue weighted by Crippen LogP contribution is 2.23. The number of amides is 3. The number of rotatable bonds is 9. The van der Waals surface area contributed by atoms with E-state index in [9.17, 15) is 19.2 Å². The van der Waals surface area contributed by atoms with E-state index in [2.05, 4.69) is 10.6 Å². The van der Waals surface area contributed by atoms with Crippen LogP contribution in [0.2, 0.25) is 0 Å². The number of esters is 1. The van der Waals surface area contributed by atoms with Crippen molar-refractivity contribution in [3.05, 3.63) is 59.7 Å². The molecular weight excluding hydrogens is 430 g/mol. The highest BCUT2D eigenvalue weighted by molar-refractivity contribution is 8.00. The fraction of sp³-hybridized carbons (Fsp3) is 0.304. The highest BCUT2D eigenvalue weighted by atomic mass is 32.2. The maximum atomic E-state index is 12.5. The van der Waals surface area contributed by atoms with Crippen molar-refractivity contribution >= 4 is 41.1 Å². The molecule has 0 radical (unpaired) electrons. The molecule has 0 spiro atoms. The molecule has 0 unspecified atom stereocenters. The Morgan fingerprint density at radius 2 is 1.62 bits per heavy atom. The van der Waals surface area contributed by atoms with Gasteiger partial charge in [-0.2, -0.15) is 0 Å². The first kappa shape index (κ1) is 24.9. The van der Waals surface area contributed by atoms with Crippen molar-refractivity contribution in [1.29, 1.82) is 0 Å². The van der Waals surface area contributed by atoms with Gasteiger partial charge in [0.15, 0.2) is 6.61 Å². The monoisotopic (exact) mass is 457 g/mol. The van der Waals surface area contributed by atoms with Crippen LogP contribution in [0.25, 0.3) is 0 Å². The molecule has 2 aromatic carbocycles. The molecule has 8 nitrogen and oxygen atoms in total. The fourth-order valence-electron chi connectivity index (χ4n) is 2.63. The minimum Gasteiger partial charge on any atom is -0.452 e. The van der Waals surface area contributed by atoms with Gasteiger partial charge in [-0.3, -0.25) is 14.4 Å². The van der Waals surface area contributed by atoms with Crippen molar-refractivity contribution in [2.45, 2.75) is 24.8 Å². The van der Waals surface area contributed by atoms with E-state index in [1.54, 1.807) is 62.6 Å². The predicted molar refractivity (Wildman–Crippen MR) is 124 cm³/mol. The van der Waals surface area contributed by atoms with E-state index in [0.717, 1.165) is 0 Å². The molecule has 0 aliphatic carbocycles. The number of hydrogen-bond donors (Lipinski definition) is 2. The lowest BCUT2D eigenvalue weighted by Gasteiger charge is -2.12. The summed E-state index contributed by atoms with van der Waals surface area (Å²) in [6, 6.07) is 13.2. The SMILES string of the molecule is CC(C)NC(=O)CSc1ccccc1C(=O)OCC(=O)Nc1ccc(C(=O)N(C)C)cc1. The Balaban J connectivity index is 1.90. The molecule has 0 aromatic heterocycles. The number of thioether (sulfide) groups is 1. The minimum atomic E-state index is -0.653. The quantitative estimate of drug-likeness (QED) is 0.443. The second-order valence-electron chi connectivity index (χ2n) is 7.41. The number of nitrogens with zero attached hydrogens (tertiary/aromatic N) is 1. The summed E-state index contributed by atoms with van der Waals surface area (Å²) < 4.78 is 5.14. The third-order valence-electron chi connectivity index (χ3n) is 4.07. The van der Waals surface area contributed by atoms with E-state index in [0.29, 0.717) is 16.1 Å². The number of nitrogens with one attached hydrogen (secondary N) is 2. The topological polar surface area (TPSA) is 105 Å². The Morgan fingerprint density at radius 1 is 0.969 bits per heavy atom. The summed E-state index contributed by atoms with van der Waals surface area (Å²) >= 11 is 1.22. The minimum absolute atomic E-state index is 0.0338. The highest BCUT2D eigenvalue weighted by Gasteiger charge is 2.16. The lowest BCUT2D eigenvalue weighted by molar-refractivity contribution is -0.119. The van der Waals surface area contributed by atoms with Gasteiger partial charge in [-0.25, -0.2) is 4.79 Å². The lowest BCUT2D eigenvalue weighted by Crippen LogP contribution is -2.31. The van der Waals surface area contributed by atoms with Crippen molar-refractivity contribution in [2.24, 2.45) is 0 Å². The smallest absolute Gasteiger partial charge is 0.339 e. The van der Waals surface area contributed by atoms with Gasteiger partial charge < -0.3 is 20.3 Å². The van der Waals surface area contributed by atoms with Crippen LogP contribution in [0.4, 0.5) is 5.69 Å². The van der Waals surface area contributed by atoms with E-state index in [1.807, 2.05) is 13.8 Å². The Bertz CT molecular complexity index is 974. The maximum absolute atomic E-state index is 12.5. The summed E-state index contributed by atoms with van der Waals surface area (Å²) in [5.41, 5.74) is 1.26. The van der Waals surface area contributed by atoms with E-state index in [-0.39, 0.29) is 29.2 Å². The number of carbonyl (C=O) groups excluding carboxylic acids is 4. The van der Waals surface area contributed by atoms with E-state index in [4.69, 9.17) is 4.74 Å². The first-order chi connectivity index (χ1) is 15.2. The van der Waals surface area contributed by atoms with Crippen LogP contribution in [0.15, 0.2) is 53.4 Å². The standard InChI is InChI=1S/C23H27N3O5S/c1-15(2)24-21(28)14-32-19-8-6-5-7-18(19)23(30)31-13-20(27)25-17-11-9-16(10-12-17)22(29)26(3)4/h5-12,15H,13-14H2,1-4H3,(H,24,28)(H,25,27). The molecule has 9 heteroatoms. The predicted octanol–water partition coefficient (Wildman–Crippen LogP) is 2.80. The van der Waals surface area contributed by atoms with Crippen LogP contribution >= 0.6 is 11.8 Å². The third-order valence-corrected chi connectivity index (χ3v) is 5.15. The van der Waals surface area contributed by atoms with Crippen molar-refractivity contribution < 1.29 is 23.9 Å². The van der Waals surface area contributed by atoms with Crippen molar-refractivity contribution in [3.8, 4) is 0 Å². The molecule has 0 atom stereocenters. The van der Waals surface area contributed by atoms with E-state index < -0.39 is 18.5 Å². The number of benzene rings is 2. The second-order valence-corrected chi connectivity index (χ2v) is 8.43. The number of anilines is 1. The molecule has 0 saturated carbocycles. The third kappa shape index (κ3) is 7.73. The van der Waals surface area contributed by atoms with Crippen molar-refractivity contribution in [3.63, 3.8) is 0 Å². The number of ether oxygens (including phenoxy) is 1. The Kier molecular flexibility index (Phi) is 9.27. The van der Waals surface area contributed by atoms with Gasteiger partial charge in [0.05, 0.1) is 11.3 Å². The van der Waals surface area contributed by atoms with Gasteiger partial charge in [-0.15, -0.1) is 11.8 Å². The van der Waals surface area contributed by atoms with Crippen LogP contribution in [0.1, 0.15) is 34.6 Å². The molecule has 2 N–H and O–H groups in total. The van der Waals surface area contributed by atoms with Crippen LogP contribution < -0.4 is 10.6 Å². The zero-order valence-electron chi connectivity index (χ0n) is 18.5. The molecule has 3 amide bonds. The normalized spacial score (nSPS) is 10.4. The Hall–Kier alpha value is -3.33. The van der Waals surface area contributed by atoms with Crippen molar-refractivity contribution in [2.75, 3.05) is 31.8 Å². The molecule has 0 aliphatic heterocycles. The first-order valence-corrected chi connectivity index (χ1v) is 11.0. The summed E-state index contributed by atoms with van der Waals surface area (Å²) in [6.45, 7) is 3.28. The summed E-state index contributed by atoms with van der Waals surface area (Å²) in [5.74, 6) is -1.28. The maximum Gasteiger partial charge on any atom is 0.339 e. The van der Waals surface area contributed by atoms with Gasteiger partial charge in [0.2, 0.25) is 5.91 Å². The van der Waals surface area contributed by atoms with E-state index >= 15 is 0 Å². The molecule has 0 saturated heterocycles. The first-order valence-electron chi connectivity index (χ1n) is 9.97. The average molecular weight is 458 g/mol. The zero-order chi connectivity index (χ0) is 23.7. The van der Waals surface area contributed by atoms with Gasteiger partial charge in [0.1, 0.15) is 0 Å². The largest absolute Gasteiger partial charge is 0.452 e. The Morgan fingerprint density at radius 3 is 2.25 bits per heavy atom. The van der Waals surface area contributed by atoms with Crippen LogP contribution in [0.3, 0.4) is 0 Å². The van der Waals surface area contributed by atoms with Gasteiger partial charge in [-0.1, -0.05) is 12.1 Å².